The number of nitrogens with one attached hydrogen (secondary N) is 1. The lowest BCUT2D eigenvalue weighted by Gasteiger charge is -2.42. The van der Waals surface area contributed by atoms with Gasteiger partial charge in [0, 0.05) is 26.6 Å². The lowest BCUT2D eigenvalue weighted by atomic mass is 9.79. The van der Waals surface area contributed by atoms with Gasteiger partial charge >= 0.3 is 5.69 Å². The van der Waals surface area contributed by atoms with Gasteiger partial charge in [-0.1, -0.05) is 12.1 Å². The predicted octanol–water partition coefficient (Wildman–Crippen LogP) is 1.25. The van der Waals surface area contributed by atoms with Gasteiger partial charge in [-0.05, 0) is 37.8 Å². The molecule has 0 spiro atoms. The van der Waals surface area contributed by atoms with Gasteiger partial charge in [-0.15, -0.1) is 0 Å². The second kappa shape index (κ2) is 6.55. The van der Waals surface area contributed by atoms with E-state index in [9.17, 15) is 14.7 Å². The van der Waals surface area contributed by atoms with Gasteiger partial charge in [0.2, 0.25) is 5.91 Å². The molecular weight excluding hydrogens is 334 g/mol. The summed E-state index contributed by atoms with van der Waals surface area (Å²) in [5, 5.41) is 10.1. The number of amides is 1. The number of H-pyrrole nitrogens is 1. The zero-order chi connectivity index (χ0) is 18.3. The number of aromatic amines is 1. The van der Waals surface area contributed by atoms with Crippen molar-refractivity contribution >= 4 is 16.9 Å². The van der Waals surface area contributed by atoms with E-state index < -0.39 is 0 Å². The standard InChI is InChI=1S/C19H25N3O4/c1-26-19-8-6-13(23)12-16(19)22(11-9-19)17(24)7-10-21-15-5-3-2-4-14(15)20-18(21)25/h2-5,13,16,23H,6-12H2,1H3,(H,20,25)/t13-,16-,19+/m1/s1. The monoisotopic (exact) mass is 359 g/mol. The van der Waals surface area contributed by atoms with Crippen LogP contribution in [0.3, 0.4) is 0 Å². The lowest BCUT2D eigenvalue weighted by molar-refractivity contribution is -0.140. The number of hydrogen-bond acceptors (Lipinski definition) is 4. The van der Waals surface area contributed by atoms with Crippen molar-refractivity contribution in [2.75, 3.05) is 13.7 Å². The third kappa shape index (κ3) is 2.75. The van der Waals surface area contributed by atoms with Gasteiger partial charge in [0.1, 0.15) is 0 Å². The summed E-state index contributed by atoms with van der Waals surface area (Å²) in [6.07, 6.45) is 2.74. The zero-order valence-corrected chi connectivity index (χ0v) is 15.0. The average Bonchev–Trinajstić information content (AvgIpc) is 3.17. The number of carbonyl (C=O) groups is 1. The van der Waals surface area contributed by atoms with E-state index in [1.807, 2.05) is 29.2 Å². The predicted molar refractivity (Wildman–Crippen MR) is 96.9 cm³/mol. The molecular formula is C19H25N3O4. The van der Waals surface area contributed by atoms with Gasteiger partial charge in [0.05, 0.1) is 28.8 Å². The molecule has 1 aromatic carbocycles. The first-order chi connectivity index (χ1) is 12.5. The molecule has 3 atom stereocenters. The Morgan fingerprint density at radius 3 is 3.00 bits per heavy atom. The van der Waals surface area contributed by atoms with Crippen LogP contribution < -0.4 is 5.69 Å². The van der Waals surface area contributed by atoms with Crippen LogP contribution in [-0.2, 0) is 16.1 Å². The average molecular weight is 359 g/mol. The van der Waals surface area contributed by atoms with E-state index in [2.05, 4.69) is 4.98 Å². The van der Waals surface area contributed by atoms with E-state index >= 15 is 0 Å². The highest BCUT2D eigenvalue weighted by atomic mass is 16.5. The molecule has 1 saturated heterocycles. The Labute approximate surface area is 151 Å². The van der Waals surface area contributed by atoms with Crippen LogP contribution in [0.4, 0.5) is 0 Å². The summed E-state index contributed by atoms with van der Waals surface area (Å²) in [4.78, 5) is 29.7. The number of aliphatic hydroxyl groups is 1. The van der Waals surface area contributed by atoms with Crippen molar-refractivity contribution in [2.45, 2.75) is 56.4 Å². The maximum atomic E-state index is 12.9. The Bertz CT molecular complexity index is 873. The summed E-state index contributed by atoms with van der Waals surface area (Å²) in [7, 11) is 1.70. The number of ether oxygens (including phenoxy) is 1. The minimum Gasteiger partial charge on any atom is -0.393 e. The molecule has 1 aliphatic carbocycles. The number of aliphatic hydroxyl groups excluding tert-OH is 1. The van der Waals surface area contributed by atoms with Gasteiger partial charge in [0.15, 0.2) is 0 Å². The van der Waals surface area contributed by atoms with Crippen molar-refractivity contribution in [2.24, 2.45) is 0 Å². The van der Waals surface area contributed by atoms with E-state index in [1.165, 1.54) is 0 Å². The van der Waals surface area contributed by atoms with Crippen molar-refractivity contribution in [3.05, 3.63) is 34.7 Å². The third-order valence-corrected chi connectivity index (χ3v) is 6.11. The number of fused-ring (bicyclic) bond motifs is 2. The number of imidazole rings is 1. The van der Waals surface area contributed by atoms with Crippen molar-refractivity contribution in [1.82, 2.24) is 14.5 Å². The van der Waals surface area contributed by atoms with Crippen LogP contribution in [0.15, 0.2) is 29.1 Å². The topological polar surface area (TPSA) is 87.6 Å². The summed E-state index contributed by atoms with van der Waals surface area (Å²) < 4.78 is 7.41. The summed E-state index contributed by atoms with van der Waals surface area (Å²) in [6.45, 7) is 0.986. The first-order valence-electron chi connectivity index (χ1n) is 9.24. The minimum absolute atomic E-state index is 0.0141. The summed E-state index contributed by atoms with van der Waals surface area (Å²) in [5.74, 6) is 0.0141. The first kappa shape index (κ1) is 17.3. The fourth-order valence-electron chi connectivity index (χ4n) is 4.65. The Hall–Kier alpha value is -2.12. The molecule has 26 heavy (non-hydrogen) atoms. The van der Waals surface area contributed by atoms with Crippen LogP contribution in [0.5, 0.6) is 0 Å². The highest BCUT2D eigenvalue weighted by Crippen LogP contribution is 2.42. The normalized spacial score (nSPS) is 28.5. The number of aromatic nitrogens is 2. The fourth-order valence-corrected chi connectivity index (χ4v) is 4.65. The quantitative estimate of drug-likeness (QED) is 0.860. The summed E-state index contributed by atoms with van der Waals surface area (Å²) in [5.41, 5.74) is 1.07. The third-order valence-electron chi connectivity index (χ3n) is 6.11. The Kier molecular flexibility index (Phi) is 4.36. The zero-order valence-electron chi connectivity index (χ0n) is 15.0. The van der Waals surface area contributed by atoms with E-state index in [0.717, 1.165) is 30.3 Å². The molecule has 1 saturated carbocycles. The van der Waals surface area contributed by atoms with E-state index in [1.54, 1.807) is 11.7 Å². The molecule has 2 heterocycles. The number of likely N-dealkylation sites (tertiary alicyclic amines) is 1. The Morgan fingerprint density at radius 2 is 2.19 bits per heavy atom. The molecule has 1 aliphatic heterocycles. The number of benzene rings is 1. The first-order valence-corrected chi connectivity index (χ1v) is 9.24. The molecule has 1 aromatic heterocycles. The van der Waals surface area contributed by atoms with Gasteiger partial charge in [-0.2, -0.15) is 0 Å². The van der Waals surface area contributed by atoms with Crippen LogP contribution in [0.25, 0.3) is 11.0 Å². The van der Waals surface area contributed by atoms with Gasteiger partial charge < -0.3 is 19.7 Å². The molecule has 2 aliphatic rings. The van der Waals surface area contributed by atoms with Crippen LogP contribution in [0.1, 0.15) is 32.1 Å². The molecule has 7 heteroatoms. The summed E-state index contributed by atoms with van der Waals surface area (Å²) in [6, 6.07) is 7.40. The number of aryl methyl sites for hydroxylation is 1. The molecule has 4 rings (SSSR count). The van der Waals surface area contributed by atoms with E-state index in [4.69, 9.17) is 4.74 Å². The maximum absolute atomic E-state index is 12.9. The number of nitrogens with zero attached hydrogens (tertiary/aromatic N) is 2. The van der Waals surface area contributed by atoms with Crippen LogP contribution >= 0.6 is 0 Å². The second-order valence-electron chi connectivity index (χ2n) is 7.40. The second-order valence-corrected chi connectivity index (χ2v) is 7.40. The summed E-state index contributed by atoms with van der Waals surface area (Å²) >= 11 is 0. The van der Waals surface area contributed by atoms with E-state index in [0.29, 0.717) is 19.5 Å². The van der Waals surface area contributed by atoms with Crippen LogP contribution in [0.2, 0.25) is 0 Å². The lowest BCUT2D eigenvalue weighted by Crippen LogP contribution is -2.52. The molecule has 2 aromatic rings. The number of rotatable bonds is 4. The van der Waals surface area contributed by atoms with Crippen molar-refractivity contribution in [1.29, 1.82) is 0 Å². The smallest absolute Gasteiger partial charge is 0.326 e. The van der Waals surface area contributed by atoms with Gasteiger partial charge in [-0.25, -0.2) is 4.79 Å². The maximum Gasteiger partial charge on any atom is 0.326 e. The fraction of sp³-hybridized carbons (Fsp3) is 0.579. The highest BCUT2D eigenvalue weighted by molar-refractivity contribution is 5.78. The molecule has 2 N–H and O–H groups in total. The van der Waals surface area contributed by atoms with Crippen molar-refractivity contribution in [3.8, 4) is 0 Å². The minimum atomic E-state index is -0.382. The molecule has 7 nitrogen and oxygen atoms in total. The van der Waals surface area contributed by atoms with Gasteiger partial charge in [0.25, 0.3) is 0 Å². The van der Waals surface area contributed by atoms with Crippen molar-refractivity contribution < 1.29 is 14.6 Å². The number of hydrogen-bond donors (Lipinski definition) is 2. The molecule has 0 radical (unpaired) electrons. The van der Waals surface area contributed by atoms with Crippen LogP contribution in [0, 0.1) is 0 Å². The Balaban J connectivity index is 1.50. The molecule has 2 fully saturated rings. The number of para-hydroxylation sites is 2. The number of carbonyl (C=O) groups excluding carboxylic acids is 1. The van der Waals surface area contributed by atoms with Gasteiger partial charge in [-0.3, -0.25) is 9.36 Å². The Morgan fingerprint density at radius 1 is 1.38 bits per heavy atom. The molecule has 0 unspecified atom stereocenters. The molecule has 1 amide bonds. The SMILES string of the molecule is CO[C@]12CC[C@@H](O)C[C@H]1N(C(=O)CCn1c(=O)[nH]c3ccccc31)CC2. The van der Waals surface area contributed by atoms with Crippen molar-refractivity contribution in [3.63, 3.8) is 0 Å². The number of methoxy groups -OCH3 is 1. The van der Waals surface area contributed by atoms with Crippen LogP contribution in [-0.4, -0.2) is 56.9 Å². The molecule has 140 valence electrons. The largest absolute Gasteiger partial charge is 0.393 e. The van der Waals surface area contributed by atoms with E-state index in [-0.39, 0.29) is 35.8 Å². The molecule has 0 bridgehead atoms. The highest BCUT2D eigenvalue weighted by Gasteiger charge is 2.52.